The van der Waals surface area contributed by atoms with Gasteiger partial charge in [0, 0.05) is 37.5 Å². The summed E-state index contributed by atoms with van der Waals surface area (Å²) < 4.78 is 7.14. The Kier molecular flexibility index (Phi) is 5.11. The number of para-hydroxylation sites is 2. The van der Waals surface area contributed by atoms with Gasteiger partial charge in [0.05, 0.1) is 11.0 Å². The number of hydrogen-bond acceptors (Lipinski definition) is 5. The van der Waals surface area contributed by atoms with Crippen LogP contribution in [0.4, 0.5) is 0 Å². The van der Waals surface area contributed by atoms with Crippen molar-refractivity contribution in [3.8, 4) is 11.4 Å². The maximum atomic E-state index is 12.7. The summed E-state index contributed by atoms with van der Waals surface area (Å²) in [5, 5.41) is 4.00. The lowest BCUT2D eigenvalue weighted by Gasteiger charge is -2.32. The third kappa shape index (κ3) is 3.88. The van der Waals surface area contributed by atoms with Gasteiger partial charge in [-0.05, 0) is 25.0 Å². The van der Waals surface area contributed by atoms with E-state index in [2.05, 4.69) is 15.1 Å². The van der Waals surface area contributed by atoms with Crippen molar-refractivity contribution >= 4 is 16.9 Å². The van der Waals surface area contributed by atoms with Gasteiger partial charge in [-0.25, -0.2) is 4.79 Å². The zero-order valence-electron chi connectivity index (χ0n) is 17.0. The lowest BCUT2D eigenvalue weighted by atomic mass is 10.0. The minimum Gasteiger partial charge on any atom is -0.343 e. The number of rotatable bonds is 5. The predicted molar refractivity (Wildman–Crippen MR) is 115 cm³/mol. The number of aromatic nitrogens is 4. The van der Waals surface area contributed by atoms with Crippen molar-refractivity contribution in [1.29, 1.82) is 0 Å². The van der Waals surface area contributed by atoms with Crippen molar-refractivity contribution in [3.05, 3.63) is 71.0 Å². The molecule has 1 fully saturated rings. The zero-order valence-corrected chi connectivity index (χ0v) is 17.0. The van der Waals surface area contributed by atoms with E-state index in [0.29, 0.717) is 37.6 Å². The van der Waals surface area contributed by atoms with Crippen LogP contribution in [-0.4, -0.2) is 43.6 Å². The summed E-state index contributed by atoms with van der Waals surface area (Å²) >= 11 is 0. The fraction of sp³-hybridized carbons (Fsp3) is 0.304. The summed E-state index contributed by atoms with van der Waals surface area (Å²) in [6.07, 6.45) is 2.26. The van der Waals surface area contributed by atoms with Crippen molar-refractivity contribution in [2.75, 3.05) is 13.1 Å². The van der Waals surface area contributed by atoms with E-state index in [1.807, 2.05) is 64.1 Å². The van der Waals surface area contributed by atoms with Gasteiger partial charge in [0.25, 0.3) is 0 Å². The van der Waals surface area contributed by atoms with Gasteiger partial charge in [-0.1, -0.05) is 47.6 Å². The summed E-state index contributed by atoms with van der Waals surface area (Å²) in [7, 11) is 0. The average molecular weight is 417 g/mol. The maximum absolute atomic E-state index is 12.7. The average Bonchev–Trinajstić information content (AvgIpc) is 3.42. The number of nitrogens with zero attached hydrogens (tertiary/aromatic N) is 4. The number of carbonyl (C=O) groups is 1. The fourth-order valence-corrected chi connectivity index (χ4v) is 4.24. The van der Waals surface area contributed by atoms with Crippen LogP contribution in [0.2, 0.25) is 0 Å². The van der Waals surface area contributed by atoms with Crippen LogP contribution in [0.25, 0.3) is 22.4 Å². The van der Waals surface area contributed by atoms with Gasteiger partial charge < -0.3 is 14.4 Å². The highest BCUT2D eigenvalue weighted by molar-refractivity contribution is 5.77. The summed E-state index contributed by atoms with van der Waals surface area (Å²) in [5.41, 5.74) is 2.57. The molecule has 2 aromatic heterocycles. The molecule has 3 heterocycles. The highest BCUT2D eigenvalue weighted by Crippen LogP contribution is 2.25. The van der Waals surface area contributed by atoms with Crippen molar-refractivity contribution < 1.29 is 9.32 Å². The minimum absolute atomic E-state index is 0.0733. The van der Waals surface area contributed by atoms with Crippen molar-refractivity contribution in [2.24, 2.45) is 0 Å². The third-order valence-electron chi connectivity index (χ3n) is 5.86. The van der Waals surface area contributed by atoms with Crippen LogP contribution in [0.5, 0.6) is 0 Å². The molecule has 1 N–H and O–H groups in total. The molecule has 1 aliphatic heterocycles. The zero-order chi connectivity index (χ0) is 21.2. The molecular weight excluding hydrogens is 394 g/mol. The smallest absolute Gasteiger partial charge is 0.326 e. The second-order valence-corrected chi connectivity index (χ2v) is 7.81. The number of aromatic amines is 1. The molecule has 0 bridgehead atoms. The lowest BCUT2D eigenvalue weighted by molar-refractivity contribution is -0.132. The summed E-state index contributed by atoms with van der Waals surface area (Å²) in [6.45, 7) is 1.27. The van der Waals surface area contributed by atoms with E-state index in [-0.39, 0.29) is 17.6 Å². The fourth-order valence-electron chi connectivity index (χ4n) is 4.24. The number of piperidine rings is 1. The molecule has 8 nitrogen and oxygen atoms in total. The van der Waals surface area contributed by atoms with Crippen LogP contribution in [0.3, 0.4) is 0 Å². The normalized spacial score (nSPS) is 14.9. The first-order valence-electron chi connectivity index (χ1n) is 10.5. The Morgan fingerprint density at radius 3 is 2.61 bits per heavy atom. The molecule has 31 heavy (non-hydrogen) atoms. The standard InChI is InChI=1S/C23H23N5O3/c29-21(11-10-20-25-22(26-31-20)16-6-2-1-3-7-16)27-14-12-17(13-15-27)28-19-9-5-4-8-18(19)24-23(28)30/h1-9,17H,10-15H2,(H,24,30). The summed E-state index contributed by atoms with van der Waals surface area (Å²) in [4.78, 5) is 34.3. The number of fused-ring (bicyclic) bond motifs is 1. The Labute approximate surface area is 178 Å². The van der Waals surface area contributed by atoms with Crippen LogP contribution in [0.15, 0.2) is 63.9 Å². The molecule has 1 saturated heterocycles. The summed E-state index contributed by atoms with van der Waals surface area (Å²) in [5.74, 6) is 1.07. The van der Waals surface area contributed by atoms with Crippen LogP contribution in [0.1, 0.15) is 31.2 Å². The van der Waals surface area contributed by atoms with Gasteiger partial charge in [0.1, 0.15) is 0 Å². The topological polar surface area (TPSA) is 97.0 Å². The van der Waals surface area contributed by atoms with Crippen molar-refractivity contribution in [3.63, 3.8) is 0 Å². The molecule has 0 saturated carbocycles. The number of H-pyrrole nitrogens is 1. The van der Waals surface area contributed by atoms with Crippen molar-refractivity contribution in [1.82, 2.24) is 24.6 Å². The Morgan fingerprint density at radius 2 is 1.81 bits per heavy atom. The Morgan fingerprint density at radius 1 is 1.06 bits per heavy atom. The first kappa shape index (κ1) is 19.3. The number of benzene rings is 2. The number of likely N-dealkylation sites (tertiary alicyclic amines) is 1. The van der Waals surface area contributed by atoms with Crippen LogP contribution in [-0.2, 0) is 11.2 Å². The number of carbonyl (C=O) groups excluding carboxylic acids is 1. The summed E-state index contributed by atoms with van der Waals surface area (Å²) in [6, 6.07) is 17.4. The van der Waals surface area contributed by atoms with Gasteiger partial charge in [-0.2, -0.15) is 4.98 Å². The van der Waals surface area contributed by atoms with E-state index in [9.17, 15) is 9.59 Å². The Balaban J connectivity index is 1.18. The van der Waals surface area contributed by atoms with E-state index < -0.39 is 0 Å². The molecule has 0 radical (unpaired) electrons. The van der Waals surface area contributed by atoms with Crippen LogP contribution < -0.4 is 5.69 Å². The quantitative estimate of drug-likeness (QED) is 0.538. The lowest BCUT2D eigenvalue weighted by Crippen LogP contribution is -2.40. The highest BCUT2D eigenvalue weighted by atomic mass is 16.5. The van der Waals surface area contributed by atoms with Gasteiger partial charge >= 0.3 is 5.69 Å². The van der Waals surface area contributed by atoms with E-state index in [1.54, 1.807) is 0 Å². The first-order valence-corrected chi connectivity index (χ1v) is 10.5. The molecule has 0 spiro atoms. The number of amides is 1. The van der Waals surface area contributed by atoms with E-state index in [4.69, 9.17) is 4.52 Å². The minimum atomic E-state index is -0.0865. The van der Waals surface area contributed by atoms with Crippen LogP contribution in [0, 0.1) is 0 Å². The second kappa shape index (κ2) is 8.22. The largest absolute Gasteiger partial charge is 0.343 e. The van der Waals surface area contributed by atoms with E-state index in [0.717, 1.165) is 29.4 Å². The van der Waals surface area contributed by atoms with E-state index in [1.165, 1.54) is 0 Å². The molecule has 1 aliphatic rings. The predicted octanol–water partition coefficient (Wildman–Crippen LogP) is 3.18. The second-order valence-electron chi connectivity index (χ2n) is 7.81. The first-order chi connectivity index (χ1) is 15.2. The molecular formula is C23H23N5O3. The molecule has 0 aliphatic carbocycles. The highest BCUT2D eigenvalue weighted by Gasteiger charge is 2.26. The van der Waals surface area contributed by atoms with Crippen LogP contribution >= 0.6 is 0 Å². The molecule has 2 aromatic carbocycles. The van der Waals surface area contributed by atoms with Crippen molar-refractivity contribution in [2.45, 2.75) is 31.7 Å². The SMILES string of the molecule is O=C(CCc1nc(-c2ccccc2)no1)N1CCC(n2c(=O)[nH]c3ccccc32)CC1. The number of nitrogens with one attached hydrogen (secondary N) is 1. The third-order valence-corrected chi connectivity index (χ3v) is 5.86. The van der Waals surface area contributed by atoms with Gasteiger partial charge in [0.2, 0.25) is 17.6 Å². The Hall–Kier alpha value is -3.68. The maximum Gasteiger partial charge on any atom is 0.326 e. The molecule has 158 valence electrons. The number of aryl methyl sites for hydroxylation is 1. The van der Waals surface area contributed by atoms with Gasteiger partial charge in [-0.15, -0.1) is 0 Å². The van der Waals surface area contributed by atoms with E-state index >= 15 is 0 Å². The van der Waals surface area contributed by atoms with Gasteiger partial charge in [0.15, 0.2) is 0 Å². The molecule has 4 aromatic rings. The van der Waals surface area contributed by atoms with Gasteiger partial charge in [-0.3, -0.25) is 9.36 Å². The monoisotopic (exact) mass is 417 g/mol. The Bertz CT molecular complexity index is 1250. The number of imidazole rings is 1. The molecule has 8 heteroatoms. The molecule has 0 atom stereocenters. The molecule has 5 rings (SSSR count). The number of hydrogen-bond donors (Lipinski definition) is 1. The molecule has 1 amide bonds. The molecule has 0 unspecified atom stereocenters.